The van der Waals surface area contributed by atoms with Crippen LogP contribution < -0.4 is 4.90 Å². The van der Waals surface area contributed by atoms with Gasteiger partial charge in [-0.05, 0) is 25.0 Å². The Morgan fingerprint density at radius 2 is 1.92 bits per heavy atom. The fourth-order valence-electron chi connectivity index (χ4n) is 1.45. The van der Waals surface area contributed by atoms with Gasteiger partial charge in [0, 0.05) is 19.3 Å². The van der Waals surface area contributed by atoms with Crippen LogP contribution in [-0.2, 0) is 0 Å². The summed E-state index contributed by atoms with van der Waals surface area (Å²) in [6.45, 7) is 5.49. The molecule has 0 bridgehead atoms. The van der Waals surface area contributed by atoms with Gasteiger partial charge >= 0.3 is 0 Å². The van der Waals surface area contributed by atoms with E-state index < -0.39 is 0 Å². The molecular formula is C11H17N. The van der Waals surface area contributed by atoms with Crippen molar-refractivity contribution >= 4 is 5.69 Å². The second-order valence-corrected chi connectivity index (χ2v) is 3.21. The molecule has 66 valence electrons. The Balaban J connectivity index is 2.79. The highest BCUT2D eigenvalue weighted by Crippen LogP contribution is 2.17. The molecule has 1 nitrogen and oxygen atoms in total. The van der Waals surface area contributed by atoms with Gasteiger partial charge in [0.25, 0.3) is 0 Å². The quantitative estimate of drug-likeness (QED) is 0.662. The van der Waals surface area contributed by atoms with Crippen molar-refractivity contribution < 1.29 is 0 Å². The Kier molecular flexibility index (Phi) is 3.15. The van der Waals surface area contributed by atoms with E-state index in [4.69, 9.17) is 0 Å². The monoisotopic (exact) mass is 163 g/mol. The summed E-state index contributed by atoms with van der Waals surface area (Å²) in [5.74, 6) is 0. The standard InChI is InChI=1S/C11H17N/c1-4-9-12(3)11-8-6-5-7-10(11)2/h5-8H,4,9H2,1-3H3. The molecule has 0 spiro atoms. The van der Waals surface area contributed by atoms with Crippen LogP contribution in [-0.4, -0.2) is 13.6 Å². The lowest BCUT2D eigenvalue weighted by molar-refractivity contribution is 0.849. The molecule has 0 N–H and O–H groups in total. The number of nitrogens with zero attached hydrogens (tertiary/aromatic N) is 1. The first kappa shape index (κ1) is 9.11. The molecule has 1 rings (SSSR count). The number of anilines is 1. The second-order valence-electron chi connectivity index (χ2n) is 3.21. The topological polar surface area (TPSA) is 3.24 Å². The SMILES string of the molecule is CCCN(C)c1ccccc1C. The molecule has 0 atom stereocenters. The number of rotatable bonds is 3. The average Bonchev–Trinajstić information content (AvgIpc) is 2.05. The number of hydrogen-bond acceptors (Lipinski definition) is 1. The third-order valence-corrected chi connectivity index (χ3v) is 2.09. The Morgan fingerprint density at radius 3 is 2.50 bits per heavy atom. The highest BCUT2D eigenvalue weighted by Gasteiger charge is 2.00. The van der Waals surface area contributed by atoms with E-state index in [0.717, 1.165) is 6.54 Å². The molecule has 1 heteroatoms. The molecule has 0 saturated heterocycles. The number of para-hydroxylation sites is 1. The van der Waals surface area contributed by atoms with Crippen molar-refractivity contribution in [1.29, 1.82) is 0 Å². The van der Waals surface area contributed by atoms with Crippen LogP contribution in [0.5, 0.6) is 0 Å². The fraction of sp³-hybridized carbons (Fsp3) is 0.455. The van der Waals surface area contributed by atoms with Crippen molar-refractivity contribution in [3.05, 3.63) is 29.8 Å². The first-order chi connectivity index (χ1) is 5.75. The number of hydrogen-bond donors (Lipinski definition) is 0. The normalized spacial score (nSPS) is 9.92. The Labute approximate surface area is 75.0 Å². The van der Waals surface area contributed by atoms with Crippen molar-refractivity contribution in [2.45, 2.75) is 20.3 Å². The van der Waals surface area contributed by atoms with Gasteiger partial charge in [-0.25, -0.2) is 0 Å². The lowest BCUT2D eigenvalue weighted by atomic mass is 10.2. The summed E-state index contributed by atoms with van der Waals surface area (Å²) in [5, 5.41) is 0. The largest absolute Gasteiger partial charge is 0.374 e. The molecule has 0 aliphatic carbocycles. The van der Waals surface area contributed by atoms with Crippen LogP contribution in [0.2, 0.25) is 0 Å². The van der Waals surface area contributed by atoms with Gasteiger partial charge in [0.15, 0.2) is 0 Å². The van der Waals surface area contributed by atoms with Crippen LogP contribution in [0.3, 0.4) is 0 Å². The van der Waals surface area contributed by atoms with E-state index in [2.05, 4.69) is 50.1 Å². The van der Waals surface area contributed by atoms with E-state index >= 15 is 0 Å². The van der Waals surface area contributed by atoms with Gasteiger partial charge in [-0.2, -0.15) is 0 Å². The maximum absolute atomic E-state index is 2.30. The summed E-state index contributed by atoms with van der Waals surface area (Å²) in [7, 11) is 2.14. The zero-order chi connectivity index (χ0) is 8.97. The molecule has 0 unspecified atom stereocenters. The van der Waals surface area contributed by atoms with Crippen LogP contribution in [0.15, 0.2) is 24.3 Å². The summed E-state index contributed by atoms with van der Waals surface area (Å²) in [6, 6.07) is 8.50. The minimum Gasteiger partial charge on any atom is -0.374 e. The number of benzene rings is 1. The highest BCUT2D eigenvalue weighted by atomic mass is 15.1. The third-order valence-electron chi connectivity index (χ3n) is 2.09. The van der Waals surface area contributed by atoms with Gasteiger partial charge in [-0.3, -0.25) is 0 Å². The van der Waals surface area contributed by atoms with Gasteiger partial charge in [0.2, 0.25) is 0 Å². The summed E-state index contributed by atoms with van der Waals surface area (Å²) in [5.41, 5.74) is 2.70. The molecule has 0 radical (unpaired) electrons. The maximum Gasteiger partial charge on any atom is 0.0393 e. The van der Waals surface area contributed by atoms with Gasteiger partial charge in [0.05, 0.1) is 0 Å². The summed E-state index contributed by atoms with van der Waals surface area (Å²) >= 11 is 0. The zero-order valence-corrected chi connectivity index (χ0v) is 8.17. The van der Waals surface area contributed by atoms with E-state index in [1.54, 1.807) is 0 Å². The minimum absolute atomic E-state index is 1.13. The smallest absolute Gasteiger partial charge is 0.0393 e. The fourth-order valence-corrected chi connectivity index (χ4v) is 1.45. The molecule has 0 aromatic heterocycles. The highest BCUT2D eigenvalue weighted by molar-refractivity contribution is 5.52. The van der Waals surface area contributed by atoms with E-state index in [9.17, 15) is 0 Å². The maximum atomic E-state index is 2.30. The summed E-state index contributed by atoms with van der Waals surface area (Å²) in [6.07, 6.45) is 1.20. The zero-order valence-electron chi connectivity index (χ0n) is 8.17. The molecule has 0 fully saturated rings. The molecule has 1 aromatic rings. The third kappa shape index (κ3) is 2.00. The van der Waals surface area contributed by atoms with Crippen LogP contribution >= 0.6 is 0 Å². The van der Waals surface area contributed by atoms with Gasteiger partial charge < -0.3 is 4.90 Å². The molecule has 12 heavy (non-hydrogen) atoms. The van der Waals surface area contributed by atoms with Crippen LogP contribution in [0.4, 0.5) is 5.69 Å². The number of aryl methyl sites for hydroxylation is 1. The molecule has 0 saturated carbocycles. The van der Waals surface area contributed by atoms with Crippen LogP contribution in [0.1, 0.15) is 18.9 Å². The Bertz CT molecular complexity index is 243. The molecule has 0 amide bonds. The Hall–Kier alpha value is -0.980. The van der Waals surface area contributed by atoms with E-state index in [1.165, 1.54) is 17.7 Å². The van der Waals surface area contributed by atoms with Gasteiger partial charge in [0.1, 0.15) is 0 Å². The van der Waals surface area contributed by atoms with Crippen molar-refractivity contribution in [2.75, 3.05) is 18.5 Å². The van der Waals surface area contributed by atoms with E-state index in [-0.39, 0.29) is 0 Å². The van der Waals surface area contributed by atoms with E-state index in [0.29, 0.717) is 0 Å². The average molecular weight is 163 g/mol. The van der Waals surface area contributed by atoms with E-state index in [1.807, 2.05) is 0 Å². The molecule has 0 aliphatic heterocycles. The predicted molar refractivity (Wildman–Crippen MR) is 54.7 cm³/mol. The van der Waals surface area contributed by atoms with Crippen molar-refractivity contribution in [3.8, 4) is 0 Å². The first-order valence-corrected chi connectivity index (χ1v) is 4.52. The van der Waals surface area contributed by atoms with Crippen molar-refractivity contribution in [1.82, 2.24) is 0 Å². The van der Waals surface area contributed by atoms with Crippen LogP contribution in [0.25, 0.3) is 0 Å². The first-order valence-electron chi connectivity index (χ1n) is 4.52. The van der Waals surface area contributed by atoms with Crippen molar-refractivity contribution in [2.24, 2.45) is 0 Å². The van der Waals surface area contributed by atoms with Gasteiger partial charge in [-0.15, -0.1) is 0 Å². The molecular weight excluding hydrogens is 146 g/mol. The molecule has 1 aromatic carbocycles. The summed E-state index contributed by atoms with van der Waals surface area (Å²) < 4.78 is 0. The molecule has 0 aliphatic rings. The predicted octanol–water partition coefficient (Wildman–Crippen LogP) is 2.84. The minimum atomic E-state index is 1.13. The summed E-state index contributed by atoms with van der Waals surface area (Å²) in [4.78, 5) is 2.30. The van der Waals surface area contributed by atoms with Gasteiger partial charge in [-0.1, -0.05) is 25.1 Å². The lowest BCUT2D eigenvalue weighted by Gasteiger charge is -2.20. The second kappa shape index (κ2) is 4.15. The Morgan fingerprint density at radius 1 is 1.25 bits per heavy atom. The lowest BCUT2D eigenvalue weighted by Crippen LogP contribution is -2.18. The molecule has 0 heterocycles. The van der Waals surface area contributed by atoms with Crippen LogP contribution in [0, 0.1) is 6.92 Å². The van der Waals surface area contributed by atoms with Crippen molar-refractivity contribution in [3.63, 3.8) is 0 Å².